The molecule has 21 heavy (non-hydrogen) atoms. The van der Waals surface area contributed by atoms with E-state index in [9.17, 15) is 4.39 Å². The summed E-state index contributed by atoms with van der Waals surface area (Å²) in [5, 5.41) is 3.72. The minimum atomic E-state index is -0.132. The van der Waals surface area contributed by atoms with E-state index in [4.69, 9.17) is 0 Å². The molecule has 2 unspecified atom stereocenters. The zero-order chi connectivity index (χ0) is 15.2. The molecule has 2 atom stereocenters. The molecule has 1 N–H and O–H groups in total. The van der Waals surface area contributed by atoms with E-state index in [1.54, 1.807) is 12.1 Å². The van der Waals surface area contributed by atoms with Gasteiger partial charge in [0.25, 0.3) is 0 Å². The molecule has 1 aliphatic rings. The summed E-state index contributed by atoms with van der Waals surface area (Å²) in [7, 11) is 0. The summed E-state index contributed by atoms with van der Waals surface area (Å²) < 4.78 is 13.1. The molecule has 118 valence electrons. The fraction of sp³-hybridized carbons (Fsp3) is 0.684. The van der Waals surface area contributed by atoms with Crippen LogP contribution in [0.4, 0.5) is 4.39 Å². The second-order valence-corrected chi connectivity index (χ2v) is 6.98. The lowest BCUT2D eigenvalue weighted by atomic mass is 9.89. The van der Waals surface area contributed by atoms with E-state index in [1.165, 1.54) is 37.7 Å². The predicted octanol–water partition coefficient (Wildman–Crippen LogP) is 4.87. The van der Waals surface area contributed by atoms with Crippen molar-refractivity contribution in [2.45, 2.75) is 65.3 Å². The van der Waals surface area contributed by atoms with Gasteiger partial charge in [0.15, 0.2) is 0 Å². The molecule has 1 aromatic rings. The third kappa shape index (κ3) is 5.10. The summed E-state index contributed by atoms with van der Waals surface area (Å²) >= 11 is 0. The van der Waals surface area contributed by atoms with E-state index in [0.29, 0.717) is 6.04 Å². The third-order valence-corrected chi connectivity index (χ3v) is 5.09. The van der Waals surface area contributed by atoms with Gasteiger partial charge in [-0.25, -0.2) is 4.39 Å². The van der Waals surface area contributed by atoms with Crippen LogP contribution in [0.2, 0.25) is 0 Å². The Morgan fingerprint density at radius 1 is 1.19 bits per heavy atom. The van der Waals surface area contributed by atoms with Crippen molar-refractivity contribution in [3.63, 3.8) is 0 Å². The highest BCUT2D eigenvalue weighted by atomic mass is 19.1. The van der Waals surface area contributed by atoms with Crippen LogP contribution in [0.1, 0.15) is 57.1 Å². The molecule has 0 aromatic heterocycles. The van der Waals surface area contributed by atoms with Crippen LogP contribution in [0, 0.1) is 24.6 Å². The molecule has 2 heteroatoms. The predicted molar refractivity (Wildman–Crippen MR) is 88.0 cm³/mol. The average molecular weight is 291 g/mol. The van der Waals surface area contributed by atoms with Crippen molar-refractivity contribution < 1.29 is 4.39 Å². The van der Waals surface area contributed by atoms with Crippen molar-refractivity contribution >= 4 is 0 Å². The van der Waals surface area contributed by atoms with Crippen molar-refractivity contribution in [1.29, 1.82) is 0 Å². The second-order valence-electron chi connectivity index (χ2n) is 6.98. The largest absolute Gasteiger partial charge is 0.314 e. The number of hydrogen-bond acceptors (Lipinski definition) is 1. The van der Waals surface area contributed by atoms with E-state index in [0.717, 1.165) is 30.4 Å². The molecule has 1 aromatic carbocycles. The van der Waals surface area contributed by atoms with Crippen molar-refractivity contribution in [3.8, 4) is 0 Å². The standard InChI is InChI=1S/C19H30FN/c1-14(2)16-5-4-6-19(10-8-16)21-12-11-17-7-9-18(20)13-15(17)3/h7,9,13-14,16,19,21H,4-6,8,10-12H2,1-3H3. The fourth-order valence-electron chi connectivity index (χ4n) is 3.55. The number of aryl methyl sites for hydroxylation is 1. The molecular weight excluding hydrogens is 261 g/mol. The first-order valence-electron chi connectivity index (χ1n) is 8.54. The van der Waals surface area contributed by atoms with Crippen molar-refractivity contribution in [3.05, 3.63) is 35.1 Å². The molecule has 0 aliphatic heterocycles. The van der Waals surface area contributed by atoms with Crippen LogP contribution in [0.5, 0.6) is 0 Å². The van der Waals surface area contributed by atoms with Crippen LogP contribution in [-0.4, -0.2) is 12.6 Å². The quantitative estimate of drug-likeness (QED) is 0.763. The van der Waals surface area contributed by atoms with Gasteiger partial charge in [-0.1, -0.05) is 32.8 Å². The SMILES string of the molecule is Cc1cc(F)ccc1CCNC1CCCC(C(C)C)CC1. The Hall–Kier alpha value is -0.890. The molecule has 1 saturated carbocycles. The molecule has 0 heterocycles. The van der Waals surface area contributed by atoms with Gasteiger partial charge in [-0.15, -0.1) is 0 Å². The van der Waals surface area contributed by atoms with Gasteiger partial charge in [-0.05, 0) is 74.2 Å². The monoisotopic (exact) mass is 291 g/mol. The van der Waals surface area contributed by atoms with E-state index >= 15 is 0 Å². The Labute approximate surface area is 129 Å². The number of nitrogens with one attached hydrogen (secondary N) is 1. The highest BCUT2D eigenvalue weighted by molar-refractivity contribution is 5.26. The minimum Gasteiger partial charge on any atom is -0.314 e. The molecule has 1 aliphatic carbocycles. The Balaban J connectivity index is 1.75. The van der Waals surface area contributed by atoms with Crippen LogP contribution in [-0.2, 0) is 6.42 Å². The lowest BCUT2D eigenvalue weighted by Gasteiger charge is -2.19. The summed E-state index contributed by atoms with van der Waals surface area (Å²) in [6.45, 7) is 7.71. The number of rotatable bonds is 5. The van der Waals surface area contributed by atoms with Crippen molar-refractivity contribution in [2.75, 3.05) is 6.54 Å². The summed E-state index contributed by atoms with van der Waals surface area (Å²) in [5.74, 6) is 1.61. The zero-order valence-electron chi connectivity index (χ0n) is 13.8. The molecule has 0 amide bonds. The van der Waals surface area contributed by atoms with Gasteiger partial charge < -0.3 is 5.32 Å². The molecule has 0 radical (unpaired) electrons. The maximum atomic E-state index is 13.1. The summed E-state index contributed by atoms with van der Waals surface area (Å²) in [6, 6.07) is 5.80. The lowest BCUT2D eigenvalue weighted by Crippen LogP contribution is -2.30. The van der Waals surface area contributed by atoms with Crippen LogP contribution in [0.3, 0.4) is 0 Å². The first-order chi connectivity index (χ1) is 10.1. The smallest absolute Gasteiger partial charge is 0.123 e. The van der Waals surface area contributed by atoms with Gasteiger partial charge in [-0.3, -0.25) is 0 Å². The van der Waals surface area contributed by atoms with Gasteiger partial charge in [0.05, 0.1) is 0 Å². The first kappa shape index (κ1) is 16.5. The number of benzene rings is 1. The van der Waals surface area contributed by atoms with Gasteiger partial charge >= 0.3 is 0 Å². The number of hydrogen-bond donors (Lipinski definition) is 1. The van der Waals surface area contributed by atoms with Crippen LogP contribution >= 0.6 is 0 Å². The van der Waals surface area contributed by atoms with E-state index < -0.39 is 0 Å². The molecule has 2 rings (SSSR count). The van der Waals surface area contributed by atoms with Crippen LogP contribution in [0.25, 0.3) is 0 Å². The Kier molecular flexibility index (Phi) is 6.22. The van der Waals surface area contributed by atoms with Crippen LogP contribution in [0.15, 0.2) is 18.2 Å². The number of halogens is 1. The van der Waals surface area contributed by atoms with E-state index in [-0.39, 0.29) is 5.82 Å². The Morgan fingerprint density at radius 3 is 2.71 bits per heavy atom. The molecular formula is C19H30FN. The molecule has 0 spiro atoms. The van der Waals surface area contributed by atoms with E-state index in [1.807, 2.05) is 13.0 Å². The third-order valence-electron chi connectivity index (χ3n) is 5.09. The highest BCUT2D eigenvalue weighted by Gasteiger charge is 2.20. The Morgan fingerprint density at radius 2 is 2.00 bits per heavy atom. The molecule has 0 saturated heterocycles. The lowest BCUT2D eigenvalue weighted by molar-refractivity contribution is 0.338. The van der Waals surface area contributed by atoms with Crippen molar-refractivity contribution in [1.82, 2.24) is 5.32 Å². The first-order valence-corrected chi connectivity index (χ1v) is 8.54. The fourth-order valence-corrected chi connectivity index (χ4v) is 3.55. The maximum Gasteiger partial charge on any atom is 0.123 e. The Bertz CT molecular complexity index is 441. The van der Waals surface area contributed by atoms with Gasteiger partial charge in [0.2, 0.25) is 0 Å². The topological polar surface area (TPSA) is 12.0 Å². The van der Waals surface area contributed by atoms with Gasteiger partial charge in [0.1, 0.15) is 5.82 Å². The normalized spacial score (nSPS) is 23.3. The van der Waals surface area contributed by atoms with E-state index in [2.05, 4.69) is 19.2 Å². The van der Waals surface area contributed by atoms with Gasteiger partial charge in [0, 0.05) is 6.04 Å². The van der Waals surface area contributed by atoms with Crippen LogP contribution < -0.4 is 5.32 Å². The van der Waals surface area contributed by atoms with Crippen molar-refractivity contribution in [2.24, 2.45) is 11.8 Å². The highest BCUT2D eigenvalue weighted by Crippen LogP contribution is 2.28. The van der Waals surface area contributed by atoms with Gasteiger partial charge in [-0.2, -0.15) is 0 Å². The summed E-state index contributed by atoms with van der Waals surface area (Å²) in [6.07, 6.45) is 7.74. The summed E-state index contributed by atoms with van der Waals surface area (Å²) in [5.41, 5.74) is 2.33. The zero-order valence-corrected chi connectivity index (χ0v) is 13.8. The minimum absolute atomic E-state index is 0.132. The second kappa shape index (κ2) is 7.93. The maximum absolute atomic E-state index is 13.1. The average Bonchev–Trinajstić information content (AvgIpc) is 2.67. The summed E-state index contributed by atoms with van der Waals surface area (Å²) in [4.78, 5) is 0. The molecule has 1 fully saturated rings. The molecule has 0 bridgehead atoms. The molecule has 1 nitrogen and oxygen atoms in total.